The number of hydrogen-bond acceptors (Lipinski definition) is 0. The summed E-state index contributed by atoms with van der Waals surface area (Å²) in [5.74, 6) is 1.64. The zero-order chi connectivity index (χ0) is 16.0. The summed E-state index contributed by atoms with van der Waals surface area (Å²) in [4.78, 5) is 0. The minimum Gasteiger partial charge on any atom is -0.0843 e. The van der Waals surface area contributed by atoms with Crippen LogP contribution in [0.25, 0.3) is 0 Å². The lowest BCUT2D eigenvalue weighted by Crippen LogP contribution is -2.42. The average molecular weight is 321 g/mol. The molecule has 1 fully saturated rings. The summed E-state index contributed by atoms with van der Waals surface area (Å²) in [5, 5.41) is 0.863. The van der Waals surface area contributed by atoms with Gasteiger partial charge in [0.25, 0.3) is 0 Å². The molecule has 0 saturated heterocycles. The molecule has 0 aromatic heterocycles. The van der Waals surface area contributed by atoms with Crippen LogP contribution in [0, 0.1) is 11.8 Å². The number of unbranched alkanes of at least 4 members (excludes halogenated alkanes) is 3. The van der Waals surface area contributed by atoms with E-state index in [4.69, 9.17) is 11.6 Å². The highest BCUT2D eigenvalue weighted by Crippen LogP contribution is 2.52. The summed E-state index contributed by atoms with van der Waals surface area (Å²) in [6.45, 7) is 7.06. The first-order valence-electron chi connectivity index (χ1n) is 9.34. The third-order valence-electron chi connectivity index (χ3n) is 5.61. The van der Waals surface area contributed by atoms with Gasteiger partial charge in [-0.25, -0.2) is 0 Å². The molecule has 0 aliphatic heterocycles. The van der Waals surface area contributed by atoms with Gasteiger partial charge in [-0.3, -0.25) is 0 Å². The fourth-order valence-corrected chi connectivity index (χ4v) is 4.40. The summed E-state index contributed by atoms with van der Waals surface area (Å²) >= 11 is 6.11. The Hall–Kier alpha value is -0.490. The smallest absolute Gasteiger partial charge is 0.0406 e. The van der Waals surface area contributed by atoms with E-state index in [0.717, 1.165) is 16.9 Å². The van der Waals surface area contributed by atoms with Crippen molar-refractivity contribution in [2.24, 2.45) is 11.8 Å². The number of benzene rings is 1. The van der Waals surface area contributed by atoms with Crippen molar-refractivity contribution in [3.8, 4) is 0 Å². The van der Waals surface area contributed by atoms with Gasteiger partial charge in [-0.15, -0.1) is 0 Å². The van der Waals surface area contributed by atoms with Crippen LogP contribution in [0.15, 0.2) is 24.3 Å². The minimum absolute atomic E-state index is 0.446. The molecule has 2 rings (SSSR count). The molecule has 22 heavy (non-hydrogen) atoms. The minimum atomic E-state index is 0.446. The summed E-state index contributed by atoms with van der Waals surface area (Å²) in [6, 6.07) is 8.75. The molecule has 1 aromatic carbocycles. The molecule has 1 heteroatoms. The average Bonchev–Trinajstić information content (AvgIpc) is 2.43. The van der Waals surface area contributed by atoms with Gasteiger partial charge in [0, 0.05) is 5.02 Å². The van der Waals surface area contributed by atoms with Gasteiger partial charge >= 0.3 is 0 Å². The van der Waals surface area contributed by atoms with E-state index >= 15 is 0 Å². The van der Waals surface area contributed by atoms with E-state index in [-0.39, 0.29) is 0 Å². The monoisotopic (exact) mass is 320 g/mol. The van der Waals surface area contributed by atoms with E-state index in [1.807, 2.05) is 0 Å². The lowest BCUT2D eigenvalue weighted by molar-refractivity contribution is 0.115. The topological polar surface area (TPSA) is 0 Å². The molecular formula is C21H33Cl. The molecule has 1 aliphatic rings. The Kier molecular flexibility index (Phi) is 6.81. The highest BCUT2D eigenvalue weighted by molar-refractivity contribution is 6.30. The maximum atomic E-state index is 6.11. The second kappa shape index (κ2) is 8.39. The number of rotatable bonds is 9. The van der Waals surface area contributed by atoms with E-state index in [1.165, 1.54) is 57.8 Å². The van der Waals surface area contributed by atoms with Crippen LogP contribution in [0.4, 0.5) is 0 Å². The van der Waals surface area contributed by atoms with Crippen molar-refractivity contribution in [2.75, 3.05) is 0 Å². The predicted molar refractivity (Wildman–Crippen MR) is 98.7 cm³/mol. The molecular weight excluding hydrogens is 288 g/mol. The Bertz CT molecular complexity index is 428. The zero-order valence-corrected chi connectivity index (χ0v) is 15.5. The summed E-state index contributed by atoms with van der Waals surface area (Å²) < 4.78 is 0. The normalized spacial score (nSPS) is 18.2. The van der Waals surface area contributed by atoms with Crippen LogP contribution < -0.4 is 0 Å². The lowest BCUT2D eigenvalue weighted by atomic mass is 9.55. The van der Waals surface area contributed by atoms with Crippen molar-refractivity contribution in [2.45, 2.75) is 84.0 Å². The van der Waals surface area contributed by atoms with Gasteiger partial charge in [0.15, 0.2) is 0 Å². The molecule has 124 valence electrons. The van der Waals surface area contributed by atoms with Gasteiger partial charge in [0.2, 0.25) is 0 Å². The lowest BCUT2D eigenvalue weighted by Gasteiger charge is -2.49. The molecule has 0 nitrogen and oxygen atoms in total. The summed E-state index contributed by atoms with van der Waals surface area (Å²) in [6.07, 6.45) is 12.4. The second-order valence-corrected chi connectivity index (χ2v) is 8.13. The maximum absolute atomic E-state index is 6.11. The van der Waals surface area contributed by atoms with Gasteiger partial charge in [-0.1, -0.05) is 76.6 Å². The Morgan fingerprint density at radius 3 is 2.23 bits per heavy atom. The number of hydrogen-bond donors (Lipinski definition) is 0. The van der Waals surface area contributed by atoms with Crippen molar-refractivity contribution in [3.63, 3.8) is 0 Å². The molecule has 1 unspecified atom stereocenters. The van der Waals surface area contributed by atoms with E-state index in [2.05, 4.69) is 45.0 Å². The highest BCUT2D eigenvalue weighted by Gasteiger charge is 2.44. The van der Waals surface area contributed by atoms with Crippen LogP contribution in [-0.2, 0) is 5.41 Å². The third-order valence-corrected chi connectivity index (χ3v) is 5.86. The van der Waals surface area contributed by atoms with Gasteiger partial charge in [0.1, 0.15) is 0 Å². The standard InChI is InChI=1S/C21H33Cl/c1-4-5-6-7-9-19(16-17(2)3)21(14-8-15-21)18-10-12-20(22)13-11-18/h10-13,17,19H,4-9,14-16H2,1-3H3. The van der Waals surface area contributed by atoms with E-state index in [0.29, 0.717) is 5.41 Å². The first-order chi connectivity index (χ1) is 10.6. The second-order valence-electron chi connectivity index (χ2n) is 7.69. The molecule has 0 amide bonds. The zero-order valence-electron chi connectivity index (χ0n) is 14.7. The van der Waals surface area contributed by atoms with Crippen molar-refractivity contribution in [1.82, 2.24) is 0 Å². The van der Waals surface area contributed by atoms with Crippen LogP contribution >= 0.6 is 11.6 Å². The SMILES string of the molecule is CCCCCCC(CC(C)C)C1(c2ccc(Cl)cc2)CCC1. The van der Waals surface area contributed by atoms with Crippen LogP contribution in [0.2, 0.25) is 5.02 Å². The Morgan fingerprint density at radius 1 is 1.05 bits per heavy atom. The van der Waals surface area contributed by atoms with Crippen molar-refractivity contribution >= 4 is 11.6 Å². The van der Waals surface area contributed by atoms with Crippen molar-refractivity contribution in [1.29, 1.82) is 0 Å². The summed E-state index contributed by atoms with van der Waals surface area (Å²) in [5.41, 5.74) is 1.99. The highest BCUT2D eigenvalue weighted by atomic mass is 35.5. The van der Waals surface area contributed by atoms with Gasteiger partial charge in [-0.05, 0) is 60.6 Å². The molecule has 0 radical (unpaired) electrons. The Morgan fingerprint density at radius 2 is 1.73 bits per heavy atom. The summed E-state index contributed by atoms with van der Waals surface area (Å²) in [7, 11) is 0. The molecule has 0 heterocycles. The van der Waals surface area contributed by atoms with Gasteiger partial charge in [-0.2, -0.15) is 0 Å². The third kappa shape index (κ3) is 4.28. The molecule has 1 saturated carbocycles. The van der Waals surface area contributed by atoms with Gasteiger partial charge in [0.05, 0.1) is 0 Å². The van der Waals surface area contributed by atoms with Crippen LogP contribution in [0.5, 0.6) is 0 Å². The fraction of sp³-hybridized carbons (Fsp3) is 0.714. The van der Waals surface area contributed by atoms with Crippen molar-refractivity contribution < 1.29 is 0 Å². The number of halogens is 1. The van der Waals surface area contributed by atoms with E-state index < -0.39 is 0 Å². The molecule has 1 aromatic rings. The first kappa shape index (κ1) is 17.9. The fourth-order valence-electron chi connectivity index (χ4n) is 4.28. The van der Waals surface area contributed by atoms with Crippen LogP contribution in [-0.4, -0.2) is 0 Å². The molecule has 0 N–H and O–H groups in total. The van der Waals surface area contributed by atoms with E-state index in [9.17, 15) is 0 Å². The van der Waals surface area contributed by atoms with E-state index in [1.54, 1.807) is 5.56 Å². The maximum Gasteiger partial charge on any atom is 0.0406 e. The molecule has 1 atom stereocenters. The molecule has 0 spiro atoms. The van der Waals surface area contributed by atoms with Crippen LogP contribution in [0.1, 0.15) is 84.1 Å². The van der Waals surface area contributed by atoms with Crippen molar-refractivity contribution in [3.05, 3.63) is 34.9 Å². The Balaban J connectivity index is 2.12. The van der Waals surface area contributed by atoms with Gasteiger partial charge < -0.3 is 0 Å². The Labute approximate surface area is 142 Å². The van der Waals surface area contributed by atoms with Crippen LogP contribution in [0.3, 0.4) is 0 Å². The largest absolute Gasteiger partial charge is 0.0843 e. The quantitative estimate of drug-likeness (QED) is 0.416. The molecule has 0 bridgehead atoms. The molecule has 1 aliphatic carbocycles. The first-order valence-corrected chi connectivity index (χ1v) is 9.72. The predicted octanol–water partition coefficient (Wildman–Crippen LogP) is 7.39.